The second kappa shape index (κ2) is 10.1. The SMILES string of the molecule is Cc1cc(Nc2ncnc3ccc(N4CC/C(=C\CN(C)C)C4=O)nc23)ccc1Oc1ccc2nc[nH]c2c1. The van der Waals surface area contributed by atoms with Crippen LogP contribution in [0.15, 0.2) is 72.8 Å². The van der Waals surface area contributed by atoms with E-state index in [2.05, 4.69) is 25.3 Å². The number of carbonyl (C=O) groups is 1. The molecule has 2 N–H and O–H groups in total. The van der Waals surface area contributed by atoms with Gasteiger partial charge in [-0.15, -0.1) is 0 Å². The van der Waals surface area contributed by atoms with Gasteiger partial charge in [-0.1, -0.05) is 6.08 Å². The normalized spacial score (nSPS) is 14.7. The number of aromatic nitrogens is 5. The van der Waals surface area contributed by atoms with Crippen molar-refractivity contribution in [3.8, 4) is 11.5 Å². The molecule has 0 aliphatic carbocycles. The molecule has 6 rings (SSSR count). The summed E-state index contributed by atoms with van der Waals surface area (Å²) in [6.07, 6.45) is 5.86. The molecule has 0 unspecified atom stereocenters. The second-order valence-electron chi connectivity index (χ2n) is 9.75. The summed E-state index contributed by atoms with van der Waals surface area (Å²) in [7, 11) is 3.97. The predicted octanol–water partition coefficient (Wildman–Crippen LogP) is 4.97. The van der Waals surface area contributed by atoms with Crippen LogP contribution in [0.25, 0.3) is 22.1 Å². The molecule has 2 aromatic carbocycles. The number of benzene rings is 2. The Kier molecular flexibility index (Phi) is 6.37. The number of imidazole rings is 1. The minimum Gasteiger partial charge on any atom is -0.457 e. The Bertz CT molecular complexity index is 1730. The zero-order valence-corrected chi connectivity index (χ0v) is 22.0. The Balaban J connectivity index is 1.23. The Morgan fingerprint density at radius 1 is 1.08 bits per heavy atom. The van der Waals surface area contributed by atoms with Crippen molar-refractivity contribution in [3.63, 3.8) is 0 Å². The van der Waals surface area contributed by atoms with Gasteiger partial charge < -0.3 is 19.9 Å². The zero-order chi connectivity index (χ0) is 26.9. The number of ether oxygens (including phenoxy) is 1. The van der Waals surface area contributed by atoms with Gasteiger partial charge in [-0.05, 0) is 75.5 Å². The fourth-order valence-electron chi connectivity index (χ4n) is 4.57. The van der Waals surface area contributed by atoms with E-state index in [1.54, 1.807) is 11.2 Å². The Labute approximate surface area is 225 Å². The molecule has 1 saturated heterocycles. The number of anilines is 3. The predicted molar refractivity (Wildman–Crippen MR) is 152 cm³/mol. The third kappa shape index (κ3) is 5.01. The van der Waals surface area contributed by atoms with E-state index in [4.69, 9.17) is 9.72 Å². The molecule has 0 bridgehead atoms. The van der Waals surface area contributed by atoms with Crippen LogP contribution in [0.4, 0.5) is 17.3 Å². The molecule has 4 heterocycles. The molecule has 1 aliphatic rings. The first-order valence-corrected chi connectivity index (χ1v) is 12.7. The summed E-state index contributed by atoms with van der Waals surface area (Å²) in [5, 5.41) is 3.37. The first kappa shape index (κ1) is 24.5. The smallest absolute Gasteiger partial charge is 0.255 e. The number of pyridine rings is 1. The van der Waals surface area contributed by atoms with Gasteiger partial charge in [0.2, 0.25) is 0 Å². The maximum absolute atomic E-state index is 13.0. The zero-order valence-electron chi connectivity index (χ0n) is 22.0. The highest BCUT2D eigenvalue weighted by atomic mass is 16.5. The molecule has 10 nitrogen and oxygen atoms in total. The molecule has 1 amide bonds. The number of likely N-dealkylation sites (N-methyl/N-ethyl adjacent to an activating group) is 1. The molecule has 1 aliphatic heterocycles. The fourth-order valence-corrected chi connectivity index (χ4v) is 4.57. The van der Waals surface area contributed by atoms with Crippen LogP contribution < -0.4 is 15.0 Å². The molecule has 0 atom stereocenters. The molecule has 3 aromatic heterocycles. The van der Waals surface area contributed by atoms with Crippen molar-refractivity contribution in [1.29, 1.82) is 0 Å². The van der Waals surface area contributed by atoms with Gasteiger partial charge in [0.15, 0.2) is 5.82 Å². The molecule has 39 heavy (non-hydrogen) atoms. The van der Waals surface area contributed by atoms with Gasteiger partial charge in [0.05, 0.1) is 22.9 Å². The quantitative estimate of drug-likeness (QED) is 0.289. The van der Waals surface area contributed by atoms with E-state index < -0.39 is 0 Å². The largest absolute Gasteiger partial charge is 0.457 e. The molecule has 1 fully saturated rings. The van der Waals surface area contributed by atoms with Crippen molar-refractivity contribution < 1.29 is 9.53 Å². The van der Waals surface area contributed by atoms with E-state index >= 15 is 0 Å². The van der Waals surface area contributed by atoms with E-state index in [1.807, 2.05) is 80.5 Å². The third-order valence-electron chi connectivity index (χ3n) is 6.63. The van der Waals surface area contributed by atoms with Gasteiger partial charge in [-0.2, -0.15) is 0 Å². The van der Waals surface area contributed by atoms with Crippen molar-refractivity contribution in [2.45, 2.75) is 13.3 Å². The minimum atomic E-state index is -0.00653. The molecule has 5 aromatic rings. The standard InChI is InChI=1S/C29H28N8O2/c1-18-14-20(4-8-25(18)39-21-5-6-22-24(15-21)32-16-30-22)34-28-27-23(31-17-33-28)7-9-26(35-27)37-13-11-19(29(37)38)10-12-36(2)3/h4-10,14-17H,11-13H2,1-3H3,(H,30,32)(H,31,33,34)/b19-10+. The first-order valence-electron chi connectivity index (χ1n) is 12.7. The third-order valence-corrected chi connectivity index (χ3v) is 6.63. The monoisotopic (exact) mass is 520 g/mol. The number of aromatic amines is 1. The van der Waals surface area contributed by atoms with Crippen molar-refractivity contribution in [2.24, 2.45) is 0 Å². The summed E-state index contributed by atoms with van der Waals surface area (Å²) < 4.78 is 6.13. The summed E-state index contributed by atoms with van der Waals surface area (Å²) in [6.45, 7) is 3.32. The number of nitrogens with zero attached hydrogens (tertiary/aromatic N) is 6. The lowest BCUT2D eigenvalue weighted by Crippen LogP contribution is -2.25. The van der Waals surface area contributed by atoms with Crippen LogP contribution >= 0.6 is 0 Å². The van der Waals surface area contributed by atoms with Crippen LogP contribution in [0.3, 0.4) is 0 Å². The number of hydrogen-bond acceptors (Lipinski definition) is 8. The van der Waals surface area contributed by atoms with E-state index in [9.17, 15) is 4.79 Å². The molecule has 10 heteroatoms. The number of nitrogens with one attached hydrogen (secondary N) is 2. The highest BCUT2D eigenvalue weighted by Crippen LogP contribution is 2.31. The van der Waals surface area contributed by atoms with Gasteiger partial charge in [0.1, 0.15) is 29.2 Å². The second-order valence-corrected chi connectivity index (χ2v) is 9.75. The summed E-state index contributed by atoms with van der Waals surface area (Å²) in [4.78, 5) is 37.7. The number of fused-ring (bicyclic) bond motifs is 2. The van der Waals surface area contributed by atoms with Gasteiger partial charge in [0, 0.05) is 30.4 Å². The number of hydrogen-bond donors (Lipinski definition) is 2. The lowest BCUT2D eigenvalue weighted by atomic mass is 10.2. The average molecular weight is 521 g/mol. The fraction of sp³-hybridized carbons (Fsp3) is 0.207. The Morgan fingerprint density at radius 3 is 2.79 bits per heavy atom. The van der Waals surface area contributed by atoms with Crippen molar-refractivity contribution in [1.82, 2.24) is 29.8 Å². The van der Waals surface area contributed by atoms with Crippen molar-refractivity contribution >= 4 is 45.3 Å². The van der Waals surface area contributed by atoms with Gasteiger partial charge in [0.25, 0.3) is 5.91 Å². The Hall–Kier alpha value is -4.83. The number of aryl methyl sites for hydroxylation is 1. The Morgan fingerprint density at radius 2 is 1.95 bits per heavy atom. The highest BCUT2D eigenvalue weighted by molar-refractivity contribution is 6.08. The maximum Gasteiger partial charge on any atom is 0.255 e. The molecule has 0 radical (unpaired) electrons. The average Bonchev–Trinajstić information content (AvgIpc) is 3.55. The van der Waals surface area contributed by atoms with Crippen LogP contribution in [0.2, 0.25) is 0 Å². The number of carbonyl (C=O) groups excluding carboxylic acids is 1. The van der Waals surface area contributed by atoms with Crippen LogP contribution in [0.1, 0.15) is 12.0 Å². The van der Waals surface area contributed by atoms with Crippen LogP contribution in [0.5, 0.6) is 11.5 Å². The summed E-state index contributed by atoms with van der Waals surface area (Å²) in [6, 6.07) is 15.3. The summed E-state index contributed by atoms with van der Waals surface area (Å²) in [5.41, 5.74) is 5.70. The summed E-state index contributed by atoms with van der Waals surface area (Å²) >= 11 is 0. The molecule has 0 spiro atoms. The lowest BCUT2D eigenvalue weighted by molar-refractivity contribution is -0.114. The highest BCUT2D eigenvalue weighted by Gasteiger charge is 2.28. The number of rotatable bonds is 7. The molecule has 196 valence electrons. The number of H-pyrrole nitrogens is 1. The topological polar surface area (TPSA) is 112 Å². The van der Waals surface area contributed by atoms with E-state index in [0.29, 0.717) is 35.6 Å². The molecular formula is C29H28N8O2. The lowest BCUT2D eigenvalue weighted by Gasteiger charge is -2.16. The summed E-state index contributed by atoms with van der Waals surface area (Å²) in [5.74, 6) is 2.62. The minimum absolute atomic E-state index is 0.00653. The number of amides is 1. The molecule has 0 saturated carbocycles. The van der Waals surface area contributed by atoms with Crippen molar-refractivity contribution in [3.05, 3.63) is 78.4 Å². The maximum atomic E-state index is 13.0. The van der Waals surface area contributed by atoms with Crippen LogP contribution in [-0.4, -0.2) is 62.9 Å². The van der Waals surface area contributed by atoms with Gasteiger partial charge in [-0.25, -0.2) is 19.9 Å². The van der Waals surface area contributed by atoms with Gasteiger partial charge in [-0.3, -0.25) is 9.69 Å². The van der Waals surface area contributed by atoms with E-state index in [1.165, 1.54) is 6.33 Å². The van der Waals surface area contributed by atoms with E-state index in [0.717, 1.165) is 45.9 Å². The van der Waals surface area contributed by atoms with Crippen molar-refractivity contribution in [2.75, 3.05) is 37.4 Å². The van der Waals surface area contributed by atoms with Crippen LogP contribution in [0, 0.1) is 6.92 Å². The first-order chi connectivity index (χ1) is 18.9. The van der Waals surface area contributed by atoms with Gasteiger partial charge >= 0.3 is 0 Å². The van der Waals surface area contributed by atoms with E-state index in [-0.39, 0.29) is 5.91 Å². The molecular weight excluding hydrogens is 492 g/mol. The van der Waals surface area contributed by atoms with Crippen LogP contribution in [-0.2, 0) is 4.79 Å².